The van der Waals surface area contributed by atoms with E-state index in [1.165, 1.54) is 12.1 Å². The molecule has 2 N–H and O–H groups in total. The molecule has 0 aromatic heterocycles. The molecule has 1 saturated heterocycles. The molecule has 1 aromatic rings. The maximum absolute atomic E-state index is 12.9. The number of fused-ring (bicyclic) bond motifs is 2. The molecule has 4 rings (SSSR count). The number of benzene rings is 1. The third kappa shape index (κ3) is 2.56. The molecule has 2 fully saturated rings. The molecule has 1 spiro atoms. The Kier molecular flexibility index (Phi) is 3.95. The van der Waals surface area contributed by atoms with Crippen LogP contribution in [0.2, 0.25) is 0 Å². The van der Waals surface area contributed by atoms with Gasteiger partial charge in [0.2, 0.25) is 5.91 Å². The Bertz CT molecular complexity index is 795. The van der Waals surface area contributed by atoms with Gasteiger partial charge < -0.3 is 15.5 Å². The Morgan fingerprint density at radius 3 is 2.62 bits per heavy atom. The molecule has 8 nitrogen and oxygen atoms in total. The summed E-state index contributed by atoms with van der Waals surface area (Å²) in [6.07, 6.45) is 3.93. The van der Waals surface area contributed by atoms with Crippen LogP contribution in [0.5, 0.6) is 0 Å². The predicted octanol–water partition coefficient (Wildman–Crippen LogP) is 1.79. The number of nitrogens with one attached hydrogen (secondary N) is 2. The highest BCUT2D eigenvalue weighted by Gasteiger charge is 2.52. The normalized spacial score (nSPS) is 21.8. The minimum absolute atomic E-state index is 0.0448. The number of non-ortho nitro benzene ring substituents is 1. The van der Waals surface area contributed by atoms with Crippen molar-refractivity contribution < 1.29 is 14.5 Å². The van der Waals surface area contributed by atoms with Crippen LogP contribution in [0.4, 0.5) is 11.4 Å². The molecule has 1 aliphatic carbocycles. The Labute approximate surface area is 151 Å². The molecule has 0 atom stereocenters. The monoisotopic (exact) mass is 358 g/mol. The number of nitro groups is 1. The van der Waals surface area contributed by atoms with E-state index in [4.69, 9.17) is 0 Å². The smallest absolute Gasteiger partial charge is 0.270 e. The van der Waals surface area contributed by atoms with Gasteiger partial charge in [0.25, 0.3) is 11.6 Å². The standard InChI is InChI=1S/C18H22N4O4/c1-21-7-3-11(4-8-21)19-16(23)13-9-12(22(25)26)10-14-15(13)20-17(24)18(14)5-2-6-18/h9-11H,2-8H2,1H3,(H,19,23)(H,20,24). The van der Waals surface area contributed by atoms with E-state index in [1.54, 1.807) is 0 Å². The minimum Gasteiger partial charge on any atom is -0.349 e. The number of carbonyl (C=O) groups excluding carboxylic acids is 2. The first-order chi connectivity index (χ1) is 12.4. The van der Waals surface area contributed by atoms with Crippen LogP contribution in [0.3, 0.4) is 0 Å². The minimum atomic E-state index is -0.691. The summed E-state index contributed by atoms with van der Waals surface area (Å²) in [5.74, 6) is -0.497. The molecule has 2 heterocycles. The molecule has 0 bridgehead atoms. The highest BCUT2D eigenvalue weighted by molar-refractivity contribution is 6.13. The molecule has 2 amide bonds. The number of piperidine rings is 1. The summed E-state index contributed by atoms with van der Waals surface area (Å²) in [7, 11) is 2.04. The lowest BCUT2D eigenvalue weighted by Gasteiger charge is -2.36. The van der Waals surface area contributed by atoms with E-state index in [9.17, 15) is 19.7 Å². The quantitative estimate of drug-likeness (QED) is 0.633. The van der Waals surface area contributed by atoms with Gasteiger partial charge in [0.1, 0.15) is 0 Å². The second kappa shape index (κ2) is 6.05. The molecule has 8 heteroatoms. The third-order valence-electron chi connectivity index (χ3n) is 6.03. The zero-order chi connectivity index (χ0) is 18.5. The number of nitrogens with zero attached hydrogens (tertiary/aromatic N) is 2. The lowest BCUT2D eigenvalue weighted by Crippen LogP contribution is -2.43. The van der Waals surface area contributed by atoms with E-state index in [2.05, 4.69) is 15.5 Å². The number of anilines is 1. The van der Waals surface area contributed by atoms with Gasteiger partial charge in [-0.1, -0.05) is 6.42 Å². The predicted molar refractivity (Wildman–Crippen MR) is 95.2 cm³/mol. The average Bonchev–Trinajstić information content (AvgIpc) is 2.87. The molecule has 1 aromatic carbocycles. The van der Waals surface area contributed by atoms with Crippen LogP contribution in [0, 0.1) is 10.1 Å². The molecule has 0 unspecified atom stereocenters. The second-order valence-electron chi connectivity index (χ2n) is 7.61. The van der Waals surface area contributed by atoms with Crippen molar-refractivity contribution in [3.63, 3.8) is 0 Å². The number of carbonyl (C=O) groups is 2. The van der Waals surface area contributed by atoms with Crippen LogP contribution in [-0.4, -0.2) is 47.8 Å². The van der Waals surface area contributed by atoms with Crippen molar-refractivity contribution in [2.75, 3.05) is 25.5 Å². The fourth-order valence-corrected chi connectivity index (χ4v) is 4.22. The van der Waals surface area contributed by atoms with Gasteiger partial charge in [0, 0.05) is 18.2 Å². The molecule has 1 saturated carbocycles. The Balaban J connectivity index is 1.68. The summed E-state index contributed by atoms with van der Waals surface area (Å²) >= 11 is 0. The summed E-state index contributed by atoms with van der Waals surface area (Å²) in [5, 5.41) is 17.2. The van der Waals surface area contributed by atoms with Crippen molar-refractivity contribution in [3.05, 3.63) is 33.4 Å². The van der Waals surface area contributed by atoms with Crippen molar-refractivity contribution in [2.24, 2.45) is 0 Å². The number of nitro benzene ring substituents is 1. The highest BCUT2D eigenvalue weighted by Crippen LogP contribution is 2.52. The van der Waals surface area contributed by atoms with Crippen molar-refractivity contribution >= 4 is 23.2 Å². The van der Waals surface area contributed by atoms with Gasteiger partial charge in [-0.2, -0.15) is 0 Å². The SMILES string of the molecule is CN1CCC(NC(=O)c2cc([N+](=O)[O-])cc3c2NC(=O)C32CCC2)CC1. The van der Waals surface area contributed by atoms with Gasteiger partial charge >= 0.3 is 0 Å². The topological polar surface area (TPSA) is 105 Å². The van der Waals surface area contributed by atoms with E-state index in [0.717, 1.165) is 32.4 Å². The Morgan fingerprint density at radius 1 is 1.35 bits per heavy atom. The average molecular weight is 358 g/mol. The summed E-state index contributed by atoms with van der Waals surface area (Å²) in [6, 6.07) is 2.78. The summed E-state index contributed by atoms with van der Waals surface area (Å²) in [4.78, 5) is 38.4. The van der Waals surface area contributed by atoms with Crippen LogP contribution >= 0.6 is 0 Å². The summed E-state index contributed by atoms with van der Waals surface area (Å²) in [6.45, 7) is 1.80. The first-order valence-electron chi connectivity index (χ1n) is 9.04. The lowest BCUT2D eigenvalue weighted by atomic mass is 9.65. The third-order valence-corrected chi connectivity index (χ3v) is 6.03. The van der Waals surface area contributed by atoms with Crippen molar-refractivity contribution in [1.82, 2.24) is 10.2 Å². The molecular formula is C18H22N4O4. The van der Waals surface area contributed by atoms with Crippen molar-refractivity contribution in [1.29, 1.82) is 0 Å². The van der Waals surface area contributed by atoms with E-state index in [0.29, 0.717) is 24.1 Å². The fourth-order valence-electron chi connectivity index (χ4n) is 4.22. The maximum Gasteiger partial charge on any atom is 0.270 e. The molecule has 26 heavy (non-hydrogen) atoms. The number of hydrogen-bond acceptors (Lipinski definition) is 5. The molecule has 3 aliphatic rings. The van der Waals surface area contributed by atoms with Crippen LogP contribution in [0.1, 0.15) is 48.0 Å². The van der Waals surface area contributed by atoms with Gasteiger partial charge in [0.05, 0.1) is 21.6 Å². The Hall–Kier alpha value is -2.48. The van der Waals surface area contributed by atoms with Gasteiger partial charge in [-0.25, -0.2) is 0 Å². The number of rotatable bonds is 3. The van der Waals surface area contributed by atoms with Gasteiger partial charge in [0.15, 0.2) is 0 Å². The zero-order valence-electron chi connectivity index (χ0n) is 14.7. The number of hydrogen-bond donors (Lipinski definition) is 2. The first kappa shape index (κ1) is 17.0. The maximum atomic E-state index is 12.9. The first-order valence-corrected chi connectivity index (χ1v) is 9.04. The summed E-state index contributed by atoms with van der Waals surface area (Å²) in [5.41, 5.74) is 0.428. The fraction of sp³-hybridized carbons (Fsp3) is 0.556. The van der Waals surface area contributed by atoms with Crippen molar-refractivity contribution in [2.45, 2.75) is 43.6 Å². The van der Waals surface area contributed by atoms with Crippen LogP contribution in [-0.2, 0) is 10.2 Å². The second-order valence-corrected chi connectivity index (χ2v) is 7.61. The molecular weight excluding hydrogens is 336 g/mol. The van der Waals surface area contributed by atoms with E-state index >= 15 is 0 Å². The highest BCUT2D eigenvalue weighted by atomic mass is 16.6. The van der Waals surface area contributed by atoms with Crippen LogP contribution in [0.25, 0.3) is 0 Å². The number of amides is 2. The molecule has 0 radical (unpaired) electrons. The van der Waals surface area contributed by atoms with E-state index in [-0.39, 0.29) is 29.1 Å². The van der Waals surface area contributed by atoms with Gasteiger partial charge in [-0.3, -0.25) is 19.7 Å². The van der Waals surface area contributed by atoms with E-state index < -0.39 is 10.3 Å². The van der Waals surface area contributed by atoms with Crippen LogP contribution in [0.15, 0.2) is 12.1 Å². The Morgan fingerprint density at radius 2 is 2.04 bits per heavy atom. The largest absolute Gasteiger partial charge is 0.349 e. The van der Waals surface area contributed by atoms with Crippen LogP contribution < -0.4 is 10.6 Å². The van der Waals surface area contributed by atoms with Gasteiger partial charge in [-0.15, -0.1) is 0 Å². The molecule has 2 aliphatic heterocycles. The zero-order valence-corrected chi connectivity index (χ0v) is 14.7. The number of likely N-dealkylation sites (tertiary alicyclic amines) is 1. The van der Waals surface area contributed by atoms with Crippen molar-refractivity contribution in [3.8, 4) is 0 Å². The van der Waals surface area contributed by atoms with Gasteiger partial charge in [-0.05, 0) is 51.4 Å². The lowest BCUT2D eigenvalue weighted by molar-refractivity contribution is -0.385. The van der Waals surface area contributed by atoms with E-state index in [1.807, 2.05) is 7.05 Å². The molecule has 138 valence electrons. The summed E-state index contributed by atoms with van der Waals surface area (Å²) < 4.78 is 0.